The molecule has 2 aromatic rings. The highest BCUT2D eigenvalue weighted by molar-refractivity contribution is 5.76. The van der Waals surface area contributed by atoms with E-state index in [2.05, 4.69) is 37.4 Å². The summed E-state index contributed by atoms with van der Waals surface area (Å²) in [6.07, 6.45) is 0. The molecule has 0 saturated heterocycles. The van der Waals surface area contributed by atoms with E-state index in [1.807, 2.05) is 41.0 Å². The average Bonchev–Trinajstić information content (AvgIpc) is 2.79. The normalized spacial score (nSPS) is 13.8. The quantitative estimate of drug-likeness (QED) is 0.779. The SMILES string of the molecule is CC(C)(C)[N+]1=C=[N+](c2ccccc2O)c2ccccc21. The summed E-state index contributed by atoms with van der Waals surface area (Å²) in [6, 6.07) is 18.8. The van der Waals surface area contributed by atoms with Crippen LogP contribution in [0.5, 0.6) is 5.75 Å². The standard InChI is InChI=1S/C17H17N2O/c1-17(2,3)19-12-18(13-8-4-5-9-14(13)19)15-10-6-7-11-16(15)20/h4-11H,1-3H3/q+1/p+1. The molecule has 0 aliphatic carbocycles. The molecule has 0 aromatic heterocycles. The smallest absolute Gasteiger partial charge is 0.497 e. The molecule has 0 fully saturated rings. The molecule has 0 spiro atoms. The molecule has 0 bridgehead atoms. The summed E-state index contributed by atoms with van der Waals surface area (Å²) in [4.78, 5) is 0. The molecule has 20 heavy (non-hydrogen) atoms. The van der Waals surface area contributed by atoms with Crippen LogP contribution >= 0.6 is 0 Å². The van der Waals surface area contributed by atoms with Gasteiger partial charge in [0.05, 0.1) is 0 Å². The zero-order valence-electron chi connectivity index (χ0n) is 12.0. The highest BCUT2D eigenvalue weighted by Gasteiger charge is 2.41. The predicted molar refractivity (Wildman–Crippen MR) is 80.7 cm³/mol. The van der Waals surface area contributed by atoms with Crippen molar-refractivity contribution < 1.29 is 9.68 Å². The van der Waals surface area contributed by atoms with Crippen molar-refractivity contribution in [1.29, 1.82) is 0 Å². The number of rotatable bonds is 1. The molecule has 2 aromatic carbocycles. The van der Waals surface area contributed by atoms with Gasteiger partial charge in [0.1, 0.15) is 0 Å². The molecule has 1 heterocycles. The first-order chi connectivity index (χ1) is 9.48. The minimum atomic E-state index is -0.0742. The Bertz CT molecular complexity index is 748. The third-order valence-corrected chi connectivity index (χ3v) is 3.36. The van der Waals surface area contributed by atoms with E-state index in [4.69, 9.17) is 0 Å². The van der Waals surface area contributed by atoms with E-state index in [1.54, 1.807) is 6.07 Å². The predicted octanol–water partition coefficient (Wildman–Crippen LogP) is 3.86. The summed E-state index contributed by atoms with van der Waals surface area (Å²) in [7, 11) is 0. The van der Waals surface area contributed by atoms with Gasteiger partial charge in [-0.25, -0.2) is 0 Å². The third kappa shape index (κ3) is 1.93. The Morgan fingerprint density at radius 3 is 2.00 bits per heavy atom. The van der Waals surface area contributed by atoms with Crippen molar-refractivity contribution in [3.8, 4) is 5.75 Å². The molecule has 0 amide bonds. The van der Waals surface area contributed by atoms with Crippen LogP contribution in [0.25, 0.3) is 0 Å². The molecule has 100 valence electrons. The van der Waals surface area contributed by atoms with E-state index in [9.17, 15) is 5.11 Å². The van der Waals surface area contributed by atoms with E-state index in [1.165, 1.54) is 0 Å². The molecule has 0 atom stereocenters. The summed E-state index contributed by atoms with van der Waals surface area (Å²) in [6.45, 7) is 6.43. The molecule has 0 saturated carbocycles. The molecular formula is C17H18N2O+2. The Morgan fingerprint density at radius 1 is 0.850 bits per heavy atom. The molecule has 0 radical (unpaired) electrons. The van der Waals surface area contributed by atoms with Gasteiger partial charge in [0, 0.05) is 39.0 Å². The van der Waals surface area contributed by atoms with Crippen LogP contribution in [0.4, 0.5) is 17.1 Å². The second-order valence-electron chi connectivity index (χ2n) is 5.92. The lowest BCUT2D eigenvalue weighted by atomic mass is 10.1. The van der Waals surface area contributed by atoms with Crippen LogP contribution in [0.1, 0.15) is 20.8 Å². The molecule has 1 aliphatic rings. The maximum absolute atomic E-state index is 10.1. The summed E-state index contributed by atoms with van der Waals surface area (Å²) >= 11 is 0. The van der Waals surface area contributed by atoms with Crippen LogP contribution in [-0.4, -0.2) is 21.2 Å². The molecule has 1 aliphatic heterocycles. The van der Waals surface area contributed by atoms with Crippen molar-refractivity contribution in [3.63, 3.8) is 0 Å². The first-order valence-corrected chi connectivity index (χ1v) is 6.72. The van der Waals surface area contributed by atoms with Gasteiger partial charge < -0.3 is 5.11 Å². The summed E-state index contributed by atoms with van der Waals surface area (Å²) in [5.41, 5.74) is 2.80. The number of hydrogen-bond donors (Lipinski definition) is 1. The van der Waals surface area contributed by atoms with Gasteiger partial charge >= 0.3 is 6.01 Å². The van der Waals surface area contributed by atoms with Crippen molar-refractivity contribution in [2.75, 3.05) is 0 Å². The van der Waals surface area contributed by atoms with Gasteiger partial charge in [0.25, 0.3) is 17.1 Å². The van der Waals surface area contributed by atoms with Crippen LogP contribution in [-0.2, 0) is 0 Å². The van der Waals surface area contributed by atoms with E-state index in [0.717, 1.165) is 17.1 Å². The Kier molecular flexibility index (Phi) is 2.73. The van der Waals surface area contributed by atoms with Crippen LogP contribution in [0.2, 0.25) is 0 Å². The monoisotopic (exact) mass is 266 g/mol. The van der Waals surface area contributed by atoms with Gasteiger partial charge in [-0.1, -0.05) is 28.8 Å². The van der Waals surface area contributed by atoms with E-state index >= 15 is 0 Å². The Hall–Kier alpha value is -2.38. The van der Waals surface area contributed by atoms with Gasteiger partial charge in [-0.15, -0.1) is 0 Å². The fourth-order valence-corrected chi connectivity index (χ4v) is 2.40. The lowest BCUT2D eigenvalue weighted by Gasteiger charge is -2.09. The summed E-state index contributed by atoms with van der Waals surface area (Å²) < 4.78 is 4.02. The van der Waals surface area contributed by atoms with Crippen LogP contribution in [0.15, 0.2) is 48.5 Å². The Morgan fingerprint density at radius 2 is 1.40 bits per heavy atom. The van der Waals surface area contributed by atoms with Crippen molar-refractivity contribution in [1.82, 2.24) is 4.58 Å². The average molecular weight is 266 g/mol. The number of fused-ring (bicyclic) bond motifs is 1. The highest BCUT2D eigenvalue weighted by Crippen LogP contribution is 2.38. The second kappa shape index (κ2) is 4.32. The van der Waals surface area contributed by atoms with Gasteiger partial charge in [0.15, 0.2) is 11.3 Å². The number of nitrogens with zero attached hydrogens (tertiary/aromatic N) is 2. The fraction of sp³-hybridized carbons (Fsp3) is 0.235. The van der Waals surface area contributed by atoms with Crippen LogP contribution in [0.3, 0.4) is 0 Å². The lowest BCUT2D eigenvalue weighted by Crippen LogP contribution is -2.27. The molecule has 3 nitrogen and oxygen atoms in total. The maximum Gasteiger partial charge on any atom is 0.497 e. The number of phenolic OH excluding ortho intramolecular Hbond substituents is 1. The van der Waals surface area contributed by atoms with Crippen LogP contribution in [0, 0.1) is 0 Å². The van der Waals surface area contributed by atoms with Crippen molar-refractivity contribution in [3.05, 3.63) is 48.5 Å². The molecule has 3 rings (SSSR count). The number of phenols is 1. The lowest BCUT2D eigenvalue weighted by molar-refractivity contribution is -0.511. The van der Waals surface area contributed by atoms with Crippen molar-refractivity contribution in [2.24, 2.45) is 0 Å². The van der Waals surface area contributed by atoms with Gasteiger partial charge in [-0.2, -0.15) is 0 Å². The summed E-state index contributed by atoms with van der Waals surface area (Å²) in [5, 5.41) is 10.1. The van der Waals surface area contributed by atoms with Gasteiger partial charge in [-0.3, -0.25) is 0 Å². The zero-order chi connectivity index (χ0) is 14.3. The maximum atomic E-state index is 10.1. The Labute approximate surface area is 118 Å². The number of aromatic hydroxyl groups is 1. The third-order valence-electron chi connectivity index (χ3n) is 3.36. The van der Waals surface area contributed by atoms with Crippen LogP contribution < -0.4 is 4.58 Å². The highest BCUT2D eigenvalue weighted by atomic mass is 16.3. The molecule has 0 unspecified atom stereocenters. The topological polar surface area (TPSA) is 26.2 Å². The number of benzene rings is 2. The van der Waals surface area contributed by atoms with Gasteiger partial charge in [-0.05, 0) is 10.6 Å². The molecular weight excluding hydrogens is 248 g/mol. The van der Waals surface area contributed by atoms with E-state index < -0.39 is 0 Å². The fourth-order valence-electron chi connectivity index (χ4n) is 2.40. The van der Waals surface area contributed by atoms with E-state index in [-0.39, 0.29) is 11.3 Å². The van der Waals surface area contributed by atoms with Crippen molar-refractivity contribution in [2.45, 2.75) is 26.3 Å². The minimum Gasteiger partial charge on any atom is -0.502 e. The minimum absolute atomic E-state index is 0.0742. The van der Waals surface area contributed by atoms with Crippen molar-refractivity contribution >= 4 is 23.1 Å². The molecule has 3 heteroatoms. The number of hydrogen-bond acceptors (Lipinski definition) is 1. The Balaban J connectivity index is 2.30. The first-order valence-electron chi connectivity index (χ1n) is 6.72. The zero-order valence-corrected chi connectivity index (χ0v) is 12.0. The first kappa shape index (κ1) is 12.6. The second-order valence-corrected chi connectivity index (χ2v) is 5.92. The van der Waals surface area contributed by atoms with Gasteiger partial charge in [0.2, 0.25) is 0 Å². The van der Waals surface area contributed by atoms with E-state index in [0.29, 0.717) is 0 Å². The number of para-hydroxylation sites is 4. The molecule has 1 N–H and O–H groups in total. The summed E-state index contributed by atoms with van der Waals surface area (Å²) in [5.74, 6) is 0.255. The largest absolute Gasteiger partial charge is 0.502 e.